The van der Waals surface area contributed by atoms with Crippen molar-refractivity contribution in [1.29, 1.82) is 0 Å². The predicted octanol–water partition coefficient (Wildman–Crippen LogP) is 2.03. The molecule has 4 heterocycles. The van der Waals surface area contributed by atoms with E-state index in [0.29, 0.717) is 50.8 Å². The molecule has 0 radical (unpaired) electrons. The van der Waals surface area contributed by atoms with Crippen molar-refractivity contribution in [3.63, 3.8) is 0 Å². The van der Waals surface area contributed by atoms with Crippen LogP contribution in [0.25, 0.3) is 0 Å². The number of ether oxygens (including phenoxy) is 1. The fraction of sp³-hybridized carbons (Fsp3) is 0.548. The Labute approximate surface area is 339 Å². The van der Waals surface area contributed by atoms with Crippen molar-refractivity contribution < 1.29 is 38.3 Å². The summed E-state index contributed by atoms with van der Waals surface area (Å²) in [6.45, 7) is 5.73. The first-order chi connectivity index (χ1) is 27.7. The summed E-state index contributed by atoms with van der Waals surface area (Å²) in [7, 11) is 3.80. The standard InChI is InChI=1S/C42H56N8O8/c1-25-22-34-41(56)58-27(3)35(46-36(51)31(23-28-12-7-6-8-13-28)45-42(57)44-29-16-18-30(19-17-29)47(4)5)40(55)49-21-11-15-33(49)39(54)48-20-10-9-14-32(48)37(52)43-26(2)38(53)50(34)24-25/h6-8,12-13,16-19,25-27,31-35H,9-11,14-15,20-24H2,1-5H3,(H,43,52)(H,46,51)(H2,44,45,57)/t25-,26+,27+,31+,32+,33+,34+,35+/m1/s1. The highest BCUT2D eigenvalue weighted by Gasteiger charge is 2.47. The van der Waals surface area contributed by atoms with Crippen LogP contribution in [0.15, 0.2) is 54.6 Å². The molecule has 4 saturated heterocycles. The third-order valence-electron chi connectivity index (χ3n) is 11.6. The molecule has 0 aromatic heterocycles. The molecule has 2 aromatic carbocycles. The minimum absolute atomic E-state index is 0.0578. The summed E-state index contributed by atoms with van der Waals surface area (Å²) in [5.41, 5.74) is 2.17. The molecular weight excluding hydrogens is 745 g/mol. The number of nitrogens with zero attached hydrogens (tertiary/aromatic N) is 4. The Morgan fingerprint density at radius 2 is 1.48 bits per heavy atom. The van der Waals surface area contributed by atoms with Crippen LogP contribution in [0.1, 0.15) is 64.9 Å². The van der Waals surface area contributed by atoms with E-state index >= 15 is 0 Å². The number of nitrogens with one attached hydrogen (secondary N) is 4. The zero-order chi connectivity index (χ0) is 41.7. The average Bonchev–Trinajstić information content (AvgIpc) is 3.86. The lowest BCUT2D eigenvalue weighted by molar-refractivity contribution is -0.163. The SMILES string of the molecule is C[C@@H]1C[C@H]2C(=O)O[C@@H](C)[C@H](NC(=O)[C@H](Cc3ccccc3)NC(=O)Nc3ccc(N(C)C)cc3)C(=O)N3CCC[C@H]3C(=O)N3CCCC[C@H]3C(=O)N[C@@H](C)C(=O)N2C1. The number of cyclic esters (lactones) is 1. The van der Waals surface area contributed by atoms with E-state index in [9.17, 15) is 33.6 Å². The molecule has 8 atom stereocenters. The summed E-state index contributed by atoms with van der Waals surface area (Å²) in [4.78, 5) is 105. The molecule has 0 bridgehead atoms. The number of piperidine rings is 1. The van der Waals surface area contributed by atoms with E-state index in [1.54, 1.807) is 19.1 Å². The molecular formula is C42H56N8O8. The molecule has 0 saturated carbocycles. The third-order valence-corrected chi connectivity index (χ3v) is 11.6. The number of esters is 1. The normalized spacial score (nSPS) is 27.4. The van der Waals surface area contributed by atoms with Crippen molar-refractivity contribution in [3.8, 4) is 0 Å². The fourth-order valence-electron chi connectivity index (χ4n) is 8.45. The van der Waals surface area contributed by atoms with Gasteiger partial charge >= 0.3 is 12.0 Å². The molecule has 4 fully saturated rings. The van der Waals surface area contributed by atoms with E-state index in [0.717, 1.165) is 11.3 Å². The number of fused-ring (bicyclic) bond motifs is 3. The first kappa shape index (κ1) is 41.9. The van der Waals surface area contributed by atoms with Crippen LogP contribution < -0.4 is 26.2 Å². The van der Waals surface area contributed by atoms with Crippen molar-refractivity contribution in [2.45, 2.75) is 108 Å². The Kier molecular flexibility index (Phi) is 13.2. The molecule has 312 valence electrons. The van der Waals surface area contributed by atoms with Gasteiger partial charge in [0, 0.05) is 51.5 Å². The molecule has 4 N–H and O–H groups in total. The van der Waals surface area contributed by atoms with Crippen molar-refractivity contribution >= 4 is 52.9 Å². The highest BCUT2D eigenvalue weighted by molar-refractivity contribution is 5.99. The van der Waals surface area contributed by atoms with Gasteiger partial charge < -0.3 is 45.6 Å². The zero-order valence-electron chi connectivity index (χ0n) is 33.9. The van der Waals surface area contributed by atoms with E-state index in [1.807, 2.05) is 68.4 Å². The Morgan fingerprint density at radius 3 is 2.19 bits per heavy atom. The molecule has 16 nitrogen and oxygen atoms in total. The smallest absolute Gasteiger partial charge is 0.329 e. The monoisotopic (exact) mass is 800 g/mol. The largest absolute Gasteiger partial charge is 0.458 e. The van der Waals surface area contributed by atoms with Crippen LogP contribution in [-0.2, 0) is 39.9 Å². The highest BCUT2D eigenvalue weighted by Crippen LogP contribution is 2.29. The topological polar surface area (TPSA) is 190 Å². The van der Waals surface area contributed by atoms with E-state index < -0.39 is 78.0 Å². The first-order valence-electron chi connectivity index (χ1n) is 20.3. The molecule has 6 rings (SSSR count). The maximum Gasteiger partial charge on any atom is 0.329 e. The summed E-state index contributed by atoms with van der Waals surface area (Å²) < 4.78 is 5.97. The average molecular weight is 801 g/mol. The lowest BCUT2D eigenvalue weighted by atomic mass is 9.99. The van der Waals surface area contributed by atoms with Gasteiger partial charge in [-0.3, -0.25) is 24.0 Å². The number of amides is 7. The second kappa shape index (κ2) is 18.3. The third kappa shape index (κ3) is 9.54. The molecule has 4 aliphatic rings. The minimum atomic E-state index is -1.47. The van der Waals surface area contributed by atoms with E-state index in [-0.39, 0.29) is 31.3 Å². The number of benzene rings is 2. The maximum atomic E-state index is 14.7. The van der Waals surface area contributed by atoms with Gasteiger partial charge in [0.15, 0.2) is 0 Å². The van der Waals surface area contributed by atoms with Crippen LogP contribution in [0.3, 0.4) is 0 Å². The number of carbonyl (C=O) groups excluding carboxylic acids is 7. The first-order valence-corrected chi connectivity index (χ1v) is 20.3. The number of anilines is 2. The van der Waals surface area contributed by atoms with Gasteiger partial charge in [0.05, 0.1) is 0 Å². The lowest BCUT2D eigenvalue weighted by Gasteiger charge is -2.39. The number of rotatable bonds is 7. The molecule has 0 spiro atoms. The number of urea groups is 1. The van der Waals surface area contributed by atoms with Crippen molar-refractivity contribution in [2.24, 2.45) is 5.92 Å². The number of hydrogen-bond donors (Lipinski definition) is 4. The van der Waals surface area contributed by atoms with Gasteiger partial charge in [-0.2, -0.15) is 0 Å². The Bertz CT molecular complexity index is 1860. The van der Waals surface area contributed by atoms with E-state index in [1.165, 1.54) is 21.6 Å². The van der Waals surface area contributed by atoms with Gasteiger partial charge in [0.25, 0.3) is 0 Å². The van der Waals surface area contributed by atoms with Crippen LogP contribution >= 0.6 is 0 Å². The molecule has 2 aromatic rings. The van der Waals surface area contributed by atoms with Crippen LogP contribution in [0, 0.1) is 5.92 Å². The molecule has 4 aliphatic heterocycles. The van der Waals surface area contributed by atoms with Gasteiger partial charge in [0.1, 0.15) is 42.4 Å². The second-order valence-electron chi connectivity index (χ2n) is 16.2. The van der Waals surface area contributed by atoms with Gasteiger partial charge in [-0.15, -0.1) is 0 Å². The molecule has 0 aliphatic carbocycles. The summed E-state index contributed by atoms with van der Waals surface area (Å²) in [5, 5.41) is 11.1. The lowest BCUT2D eigenvalue weighted by Crippen LogP contribution is -2.63. The van der Waals surface area contributed by atoms with Crippen LogP contribution in [-0.4, -0.2) is 132 Å². The second-order valence-corrected chi connectivity index (χ2v) is 16.2. The minimum Gasteiger partial charge on any atom is -0.458 e. The van der Waals surface area contributed by atoms with Crippen molar-refractivity contribution in [1.82, 2.24) is 30.7 Å². The van der Waals surface area contributed by atoms with Gasteiger partial charge in [-0.05, 0) is 88.1 Å². The zero-order valence-corrected chi connectivity index (χ0v) is 33.9. The van der Waals surface area contributed by atoms with Crippen molar-refractivity contribution in [3.05, 3.63) is 60.2 Å². The summed E-state index contributed by atoms with van der Waals surface area (Å²) in [6.07, 6.45) is 1.73. The van der Waals surface area contributed by atoms with Crippen molar-refractivity contribution in [2.75, 3.05) is 43.9 Å². The maximum absolute atomic E-state index is 14.7. The number of hydrogen-bond acceptors (Lipinski definition) is 9. The van der Waals surface area contributed by atoms with Crippen LogP contribution in [0.4, 0.5) is 16.2 Å². The number of carbonyl (C=O) groups is 7. The molecule has 7 amide bonds. The molecule has 0 unspecified atom stereocenters. The van der Waals surface area contributed by atoms with Gasteiger partial charge in [0.2, 0.25) is 29.5 Å². The fourth-order valence-corrected chi connectivity index (χ4v) is 8.45. The van der Waals surface area contributed by atoms with Crippen LogP contribution in [0.2, 0.25) is 0 Å². The molecule has 58 heavy (non-hydrogen) atoms. The summed E-state index contributed by atoms with van der Waals surface area (Å²) >= 11 is 0. The summed E-state index contributed by atoms with van der Waals surface area (Å²) in [5.74, 6) is -3.48. The Hall–Kier alpha value is -5.67. The van der Waals surface area contributed by atoms with Crippen LogP contribution in [0.5, 0.6) is 0 Å². The molecule has 16 heteroatoms. The Balaban J connectivity index is 1.31. The Morgan fingerprint density at radius 1 is 0.810 bits per heavy atom. The highest BCUT2D eigenvalue weighted by atomic mass is 16.5. The quantitative estimate of drug-likeness (QED) is 0.304. The van der Waals surface area contributed by atoms with Gasteiger partial charge in [-0.1, -0.05) is 37.3 Å². The van der Waals surface area contributed by atoms with E-state index in [4.69, 9.17) is 4.74 Å². The summed E-state index contributed by atoms with van der Waals surface area (Å²) in [6, 6.07) is 9.19. The predicted molar refractivity (Wildman–Crippen MR) is 215 cm³/mol. The van der Waals surface area contributed by atoms with Gasteiger partial charge in [-0.25, -0.2) is 9.59 Å². The van der Waals surface area contributed by atoms with E-state index in [2.05, 4.69) is 21.3 Å².